The molecule has 0 saturated carbocycles. The van der Waals surface area contributed by atoms with E-state index < -0.39 is 0 Å². The SMILES string of the molecule is O=C(NCCCCN1CCN(c2cccc(Cl)c2)CC1)C1=Cc2cc(Cl)ccc2SC1. The number of halogens is 2. The van der Waals surface area contributed by atoms with Crippen LogP contribution in [-0.4, -0.2) is 55.8 Å². The second-order valence-electron chi connectivity index (χ2n) is 7.91. The maximum atomic E-state index is 12.5. The highest BCUT2D eigenvalue weighted by Gasteiger charge is 2.18. The minimum atomic E-state index is 0.0354. The topological polar surface area (TPSA) is 35.6 Å². The molecule has 31 heavy (non-hydrogen) atoms. The first-order valence-electron chi connectivity index (χ1n) is 10.7. The molecule has 0 atom stereocenters. The molecule has 0 aliphatic carbocycles. The van der Waals surface area contributed by atoms with Crippen LogP contribution in [0.5, 0.6) is 0 Å². The lowest BCUT2D eigenvalue weighted by atomic mass is 10.1. The number of anilines is 1. The van der Waals surface area contributed by atoms with E-state index in [-0.39, 0.29) is 5.91 Å². The number of rotatable bonds is 7. The van der Waals surface area contributed by atoms with Crippen molar-refractivity contribution < 1.29 is 4.79 Å². The molecule has 1 saturated heterocycles. The highest BCUT2D eigenvalue weighted by Crippen LogP contribution is 2.33. The third-order valence-electron chi connectivity index (χ3n) is 5.71. The van der Waals surface area contributed by atoms with Gasteiger partial charge in [0, 0.05) is 64.7 Å². The molecule has 1 N–H and O–H groups in total. The second-order valence-corrected chi connectivity index (χ2v) is 9.80. The quantitative estimate of drug-likeness (QED) is 0.558. The van der Waals surface area contributed by atoms with Crippen molar-refractivity contribution in [2.75, 3.05) is 49.9 Å². The summed E-state index contributed by atoms with van der Waals surface area (Å²) < 4.78 is 0. The first-order valence-corrected chi connectivity index (χ1v) is 12.5. The van der Waals surface area contributed by atoms with Crippen molar-refractivity contribution in [3.05, 3.63) is 63.6 Å². The molecule has 0 spiro atoms. The van der Waals surface area contributed by atoms with Crippen LogP contribution in [0.15, 0.2) is 52.9 Å². The van der Waals surface area contributed by atoms with Crippen LogP contribution >= 0.6 is 35.0 Å². The van der Waals surface area contributed by atoms with Crippen molar-refractivity contribution in [1.29, 1.82) is 0 Å². The maximum Gasteiger partial charge on any atom is 0.248 e. The molecule has 0 unspecified atom stereocenters. The van der Waals surface area contributed by atoms with Crippen LogP contribution in [0.1, 0.15) is 18.4 Å². The van der Waals surface area contributed by atoms with Gasteiger partial charge in [0.15, 0.2) is 0 Å². The number of benzene rings is 2. The minimum absolute atomic E-state index is 0.0354. The van der Waals surface area contributed by atoms with Gasteiger partial charge in [0.05, 0.1) is 0 Å². The van der Waals surface area contributed by atoms with Gasteiger partial charge in [-0.25, -0.2) is 0 Å². The summed E-state index contributed by atoms with van der Waals surface area (Å²) in [5.41, 5.74) is 3.05. The van der Waals surface area contributed by atoms with E-state index in [2.05, 4.69) is 21.2 Å². The molecule has 164 valence electrons. The van der Waals surface area contributed by atoms with E-state index in [4.69, 9.17) is 23.2 Å². The van der Waals surface area contributed by atoms with Crippen molar-refractivity contribution in [3.63, 3.8) is 0 Å². The fourth-order valence-corrected chi connectivity index (χ4v) is 5.30. The van der Waals surface area contributed by atoms with E-state index >= 15 is 0 Å². The summed E-state index contributed by atoms with van der Waals surface area (Å²) in [5.74, 6) is 0.741. The number of fused-ring (bicyclic) bond motifs is 1. The Hall–Kier alpha value is -1.66. The highest BCUT2D eigenvalue weighted by atomic mass is 35.5. The van der Waals surface area contributed by atoms with Gasteiger partial charge in [0.25, 0.3) is 0 Å². The molecule has 2 aliphatic heterocycles. The Morgan fingerprint density at radius 3 is 2.61 bits per heavy atom. The summed E-state index contributed by atoms with van der Waals surface area (Å²) in [6.07, 6.45) is 4.04. The van der Waals surface area contributed by atoms with E-state index in [1.54, 1.807) is 11.8 Å². The van der Waals surface area contributed by atoms with Gasteiger partial charge in [-0.05, 0) is 67.4 Å². The molecular formula is C24H27Cl2N3OS. The van der Waals surface area contributed by atoms with E-state index in [1.807, 2.05) is 42.5 Å². The van der Waals surface area contributed by atoms with Gasteiger partial charge in [0.1, 0.15) is 0 Å². The zero-order chi connectivity index (χ0) is 21.6. The van der Waals surface area contributed by atoms with Crippen molar-refractivity contribution in [3.8, 4) is 0 Å². The van der Waals surface area contributed by atoms with Gasteiger partial charge < -0.3 is 10.2 Å². The number of nitrogens with zero attached hydrogens (tertiary/aromatic N) is 2. The molecule has 1 amide bonds. The van der Waals surface area contributed by atoms with Crippen molar-refractivity contribution >= 4 is 52.6 Å². The molecular weight excluding hydrogens is 449 g/mol. The predicted molar refractivity (Wildman–Crippen MR) is 133 cm³/mol. The van der Waals surface area contributed by atoms with Crippen LogP contribution in [0.4, 0.5) is 5.69 Å². The number of hydrogen-bond acceptors (Lipinski definition) is 4. The number of unbranched alkanes of at least 4 members (excludes halogenated alkanes) is 1. The van der Waals surface area contributed by atoms with Crippen LogP contribution in [0.3, 0.4) is 0 Å². The molecule has 0 bridgehead atoms. The third kappa shape index (κ3) is 6.19. The van der Waals surface area contributed by atoms with Crippen LogP contribution in [0.25, 0.3) is 6.08 Å². The predicted octanol–water partition coefficient (Wildman–Crippen LogP) is 5.20. The van der Waals surface area contributed by atoms with Crippen molar-refractivity contribution in [1.82, 2.24) is 10.2 Å². The molecule has 2 aromatic carbocycles. The van der Waals surface area contributed by atoms with E-state index in [9.17, 15) is 4.79 Å². The number of amides is 1. The van der Waals surface area contributed by atoms with Gasteiger partial charge in [-0.1, -0.05) is 29.3 Å². The number of piperazine rings is 1. The molecule has 4 nitrogen and oxygen atoms in total. The standard InChI is InChI=1S/C24H27Cl2N3OS/c25-20-4-3-5-22(16-20)29-12-10-28(11-13-29)9-2-1-8-27-24(30)19-14-18-15-21(26)6-7-23(18)31-17-19/h3-7,14-16H,1-2,8-13,17H2,(H,27,30). The largest absolute Gasteiger partial charge is 0.369 e. The number of thioether (sulfide) groups is 1. The Bertz CT molecular complexity index is 958. The monoisotopic (exact) mass is 475 g/mol. The summed E-state index contributed by atoms with van der Waals surface area (Å²) in [6, 6.07) is 13.9. The van der Waals surface area contributed by atoms with E-state index in [0.717, 1.165) is 61.7 Å². The zero-order valence-corrected chi connectivity index (χ0v) is 19.8. The van der Waals surface area contributed by atoms with Crippen LogP contribution < -0.4 is 10.2 Å². The molecule has 0 aromatic heterocycles. The Labute approximate surface area is 198 Å². The first-order chi connectivity index (χ1) is 15.1. The van der Waals surface area contributed by atoms with Gasteiger partial charge in [0.2, 0.25) is 5.91 Å². The number of carbonyl (C=O) groups excluding carboxylic acids is 1. The molecule has 1 fully saturated rings. The molecule has 2 heterocycles. The maximum absolute atomic E-state index is 12.5. The van der Waals surface area contributed by atoms with Crippen LogP contribution in [0.2, 0.25) is 10.0 Å². The Morgan fingerprint density at radius 1 is 1.00 bits per heavy atom. The van der Waals surface area contributed by atoms with Gasteiger partial charge in [-0.3, -0.25) is 9.69 Å². The number of carbonyl (C=O) groups is 1. The molecule has 0 radical (unpaired) electrons. The van der Waals surface area contributed by atoms with E-state index in [1.165, 1.54) is 10.6 Å². The average molecular weight is 476 g/mol. The van der Waals surface area contributed by atoms with Crippen molar-refractivity contribution in [2.24, 2.45) is 0 Å². The van der Waals surface area contributed by atoms with Crippen molar-refractivity contribution in [2.45, 2.75) is 17.7 Å². The summed E-state index contributed by atoms with van der Waals surface area (Å²) >= 11 is 13.9. The average Bonchev–Trinajstić information content (AvgIpc) is 2.78. The second kappa shape index (κ2) is 10.8. The summed E-state index contributed by atoms with van der Waals surface area (Å²) in [4.78, 5) is 18.6. The lowest BCUT2D eigenvalue weighted by Gasteiger charge is -2.36. The lowest BCUT2D eigenvalue weighted by molar-refractivity contribution is -0.117. The Balaban J connectivity index is 1.14. The molecule has 2 aromatic rings. The van der Waals surface area contributed by atoms with Gasteiger partial charge in [-0.15, -0.1) is 11.8 Å². The van der Waals surface area contributed by atoms with Gasteiger partial charge in [-0.2, -0.15) is 0 Å². The normalized spacial score (nSPS) is 16.6. The minimum Gasteiger partial charge on any atom is -0.369 e. The number of hydrogen-bond donors (Lipinski definition) is 1. The smallest absolute Gasteiger partial charge is 0.248 e. The van der Waals surface area contributed by atoms with E-state index in [0.29, 0.717) is 17.3 Å². The lowest BCUT2D eigenvalue weighted by Crippen LogP contribution is -2.46. The zero-order valence-electron chi connectivity index (χ0n) is 17.4. The molecule has 2 aliphatic rings. The molecule has 4 rings (SSSR count). The summed E-state index contributed by atoms with van der Waals surface area (Å²) in [7, 11) is 0. The van der Waals surface area contributed by atoms with Crippen LogP contribution in [-0.2, 0) is 4.79 Å². The Morgan fingerprint density at radius 2 is 1.81 bits per heavy atom. The molecule has 7 heteroatoms. The third-order valence-corrected chi connectivity index (χ3v) is 7.32. The fraction of sp³-hybridized carbons (Fsp3) is 0.375. The summed E-state index contributed by atoms with van der Waals surface area (Å²) in [5, 5.41) is 4.57. The highest BCUT2D eigenvalue weighted by molar-refractivity contribution is 7.99. The first kappa shape index (κ1) is 22.5. The summed E-state index contributed by atoms with van der Waals surface area (Å²) in [6.45, 7) is 5.95. The fourth-order valence-electron chi connectivity index (χ4n) is 3.96. The Kier molecular flexibility index (Phi) is 7.83. The van der Waals surface area contributed by atoms with Crippen LogP contribution in [0, 0.1) is 0 Å². The van der Waals surface area contributed by atoms with Gasteiger partial charge >= 0.3 is 0 Å². The number of nitrogens with one attached hydrogen (secondary N) is 1.